The van der Waals surface area contributed by atoms with Gasteiger partial charge in [-0.15, -0.1) is 0 Å². The van der Waals surface area contributed by atoms with Gasteiger partial charge in [-0.2, -0.15) is 0 Å². The van der Waals surface area contributed by atoms with Crippen LogP contribution in [0.5, 0.6) is 0 Å². The Bertz CT molecular complexity index is 607. The average molecular weight is 360 g/mol. The molecule has 4 rings (SSSR count). The number of epoxide rings is 2. The molecular formula is C22H32O4. The zero-order valence-corrected chi connectivity index (χ0v) is 16.3. The number of hydrogen-bond acceptors (Lipinski definition) is 4. The van der Waals surface area contributed by atoms with E-state index in [-0.39, 0.29) is 23.0 Å². The molecule has 4 unspecified atom stereocenters. The van der Waals surface area contributed by atoms with E-state index >= 15 is 0 Å². The highest BCUT2D eigenvalue weighted by Crippen LogP contribution is 2.65. The van der Waals surface area contributed by atoms with Crippen LogP contribution in [0.4, 0.5) is 0 Å². The van der Waals surface area contributed by atoms with Gasteiger partial charge in [-0.3, -0.25) is 0 Å². The number of aliphatic hydroxyl groups excluding tert-OH is 2. The highest BCUT2D eigenvalue weighted by Gasteiger charge is 2.63. The van der Waals surface area contributed by atoms with Crippen molar-refractivity contribution in [3.8, 4) is 0 Å². The first-order valence-corrected chi connectivity index (χ1v) is 9.82. The predicted octanol–water partition coefficient (Wildman–Crippen LogP) is 3.12. The van der Waals surface area contributed by atoms with Crippen molar-refractivity contribution in [2.24, 2.45) is 16.2 Å². The molecule has 144 valence electrons. The molecule has 4 heteroatoms. The minimum absolute atomic E-state index is 0.0746. The van der Waals surface area contributed by atoms with Gasteiger partial charge in [0.1, 0.15) is 12.2 Å². The highest BCUT2D eigenvalue weighted by atomic mass is 16.6. The van der Waals surface area contributed by atoms with Gasteiger partial charge in [-0.05, 0) is 35.2 Å². The lowest BCUT2D eigenvalue weighted by Crippen LogP contribution is -2.59. The van der Waals surface area contributed by atoms with Crippen LogP contribution < -0.4 is 0 Å². The smallest absolute Gasteiger partial charge is 0.107 e. The van der Waals surface area contributed by atoms with Crippen LogP contribution in [-0.2, 0) is 9.47 Å². The minimum atomic E-state index is -0.656. The van der Waals surface area contributed by atoms with E-state index in [9.17, 15) is 10.2 Å². The standard InChI is InChI=1S/C22H32O4/c1-20(2)12-22(18(23)15-10-25-15,19(24)16-11-26-16)13-21(3,4)17(20)14-8-6-5-7-9-14/h5-9,15-19,23-24H,10-13H2,1-4H3. The Morgan fingerprint density at radius 1 is 0.846 bits per heavy atom. The van der Waals surface area contributed by atoms with Crippen LogP contribution in [0.15, 0.2) is 30.3 Å². The molecule has 26 heavy (non-hydrogen) atoms. The normalized spacial score (nSPS) is 39.8. The van der Waals surface area contributed by atoms with Crippen molar-refractivity contribution >= 4 is 0 Å². The summed E-state index contributed by atoms with van der Waals surface area (Å²) >= 11 is 0. The molecule has 1 saturated carbocycles. The van der Waals surface area contributed by atoms with Crippen LogP contribution in [-0.4, -0.2) is 47.8 Å². The Morgan fingerprint density at radius 3 is 1.65 bits per heavy atom. The van der Waals surface area contributed by atoms with Crippen LogP contribution in [0.2, 0.25) is 0 Å². The van der Waals surface area contributed by atoms with Crippen LogP contribution in [0.25, 0.3) is 0 Å². The zero-order chi connectivity index (χ0) is 18.7. The third kappa shape index (κ3) is 3.01. The second-order valence-corrected chi connectivity index (χ2v) is 10.0. The largest absolute Gasteiger partial charge is 0.390 e. The minimum Gasteiger partial charge on any atom is -0.390 e. The number of aliphatic hydroxyl groups is 2. The highest BCUT2D eigenvalue weighted by molar-refractivity contribution is 5.27. The van der Waals surface area contributed by atoms with Crippen molar-refractivity contribution in [2.45, 2.75) is 70.9 Å². The topological polar surface area (TPSA) is 65.5 Å². The van der Waals surface area contributed by atoms with E-state index < -0.39 is 17.6 Å². The summed E-state index contributed by atoms with van der Waals surface area (Å²) < 4.78 is 10.9. The molecule has 3 aliphatic rings. The Balaban J connectivity index is 1.75. The van der Waals surface area contributed by atoms with Crippen molar-refractivity contribution < 1.29 is 19.7 Å². The van der Waals surface area contributed by atoms with Crippen molar-refractivity contribution in [1.29, 1.82) is 0 Å². The molecule has 1 aromatic rings. The lowest BCUT2D eigenvalue weighted by molar-refractivity contribution is -0.165. The van der Waals surface area contributed by atoms with E-state index in [0.29, 0.717) is 19.1 Å². The molecule has 3 fully saturated rings. The first kappa shape index (κ1) is 18.4. The molecule has 2 N–H and O–H groups in total. The van der Waals surface area contributed by atoms with E-state index in [1.807, 2.05) is 0 Å². The maximum absolute atomic E-state index is 11.2. The average Bonchev–Trinajstić information content (AvgIpc) is 3.45. The Hall–Kier alpha value is -0.940. The third-order valence-corrected chi connectivity index (χ3v) is 6.87. The second kappa shape index (κ2) is 6.03. The van der Waals surface area contributed by atoms with E-state index in [1.165, 1.54) is 5.56 Å². The first-order valence-electron chi connectivity index (χ1n) is 9.82. The van der Waals surface area contributed by atoms with Crippen LogP contribution in [0.1, 0.15) is 52.0 Å². The lowest BCUT2D eigenvalue weighted by atomic mass is 9.45. The van der Waals surface area contributed by atoms with Gasteiger partial charge in [0, 0.05) is 5.41 Å². The van der Waals surface area contributed by atoms with Gasteiger partial charge in [0.15, 0.2) is 0 Å². The van der Waals surface area contributed by atoms with Gasteiger partial charge in [-0.1, -0.05) is 58.0 Å². The predicted molar refractivity (Wildman–Crippen MR) is 99.9 cm³/mol. The first-order chi connectivity index (χ1) is 12.2. The van der Waals surface area contributed by atoms with Gasteiger partial charge >= 0.3 is 0 Å². The molecule has 2 heterocycles. The summed E-state index contributed by atoms with van der Waals surface area (Å²) in [5, 5.41) is 22.4. The summed E-state index contributed by atoms with van der Waals surface area (Å²) in [6, 6.07) is 10.7. The van der Waals surface area contributed by atoms with Gasteiger partial charge in [0.05, 0.1) is 25.4 Å². The Kier molecular flexibility index (Phi) is 4.27. The summed E-state index contributed by atoms with van der Waals surface area (Å²) in [5.74, 6) is 0.351. The number of rotatable bonds is 5. The molecule has 2 aliphatic heterocycles. The summed E-state index contributed by atoms with van der Waals surface area (Å²) in [6.45, 7) is 10.3. The fourth-order valence-electron chi connectivity index (χ4n) is 6.38. The van der Waals surface area contributed by atoms with E-state index in [2.05, 4.69) is 58.0 Å². The van der Waals surface area contributed by atoms with E-state index in [4.69, 9.17) is 9.47 Å². The van der Waals surface area contributed by atoms with Gasteiger partial charge < -0.3 is 19.7 Å². The molecule has 0 aromatic heterocycles. The molecule has 0 spiro atoms. The molecular weight excluding hydrogens is 328 g/mol. The molecule has 4 atom stereocenters. The summed E-state index contributed by atoms with van der Waals surface area (Å²) in [5.41, 5.74) is 0.593. The molecule has 1 aromatic carbocycles. The third-order valence-electron chi connectivity index (χ3n) is 6.87. The summed E-state index contributed by atoms with van der Waals surface area (Å²) in [4.78, 5) is 0. The van der Waals surface area contributed by atoms with E-state index in [0.717, 1.165) is 12.8 Å². The van der Waals surface area contributed by atoms with Crippen LogP contribution in [0, 0.1) is 16.2 Å². The van der Waals surface area contributed by atoms with Crippen molar-refractivity contribution in [1.82, 2.24) is 0 Å². The fourth-order valence-corrected chi connectivity index (χ4v) is 6.38. The molecule has 4 nitrogen and oxygen atoms in total. The van der Waals surface area contributed by atoms with Gasteiger partial charge in [0.25, 0.3) is 0 Å². The second-order valence-electron chi connectivity index (χ2n) is 10.0. The van der Waals surface area contributed by atoms with Gasteiger partial charge in [0.2, 0.25) is 0 Å². The fraction of sp³-hybridized carbons (Fsp3) is 0.727. The van der Waals surface area contributed by atoms with Crippen molar-refractivity contribution in [2.75, 3.05) is 13.2 Å². The number of hydrogen-bond donors (Lipinski definition) is 2. The summed E-state index contributed by atoms with van der Waals surface area (Å²) in [7, 11) is 0. The molecule has 1 aliphatic carbocycles. The van der Waals surface area contributed by atoms with E-state index in [1.54, 1.807) is 0 Å². The lowest BCUT2D eigenvalue weighted by Gasteiger charge is -2.60. The van der Waals surface area contributed by atoms with Crippen molar-refractivity contribution in [3.63, 3.8) is 0 Å². The van der Waals surface area contributed by atoms with Gasteiger partial charge in [-0.25, -0.2) is 0 Å². The number of benzene rings is 1. The maximum atomic E-state index is 11.2. The Labute approximate surface area is 156 Å². The molecule has 2 saturated heterocycles. The monoisotopic (exact) mass is 360 g/mol. The zero-order valence-electron chi connectivity index (χ0n) is 16.3. The number of ether oxygens (including phenoxy) is 2. The molecule has 0 radical (unpaired) electrons. The quantitative estimate of drug-likeness (QED) is 0.792. The molecule has 0 amide bonds. The van der Waals surface area contributed by atoms with Crippen molar-refractivity contribution in [3.05, 3.63) is 35.9 Å². The summed E-state index contributed by atoms with van der Waals surface area (Å²) in [6.07, 6.45) is -0.101. The maximum Gasteiger partial charge on any atom is 0.107 e. The van der Waals surface area contributed by atoms with Crippen LogP contribution >= 0.6 is 0 Å². The van der Waals surface area contributed by atoms with Crippen LogP contribution in [0.3, 0.4) is 0 Å². The molecule has 0 bridgehead atoms. The Morgan fingerprint density at radius 2 is 1.27 bits per heavy atom. The SMILES string of the molecule is CC1(C)CC(C(O)C2CO2)(C(O)C2CO2)CC(C)(C)C1c1ccccc1.